The summed E-state index contributed by atoms with van der Waals surface area (Å²) in [6, 6.07) is 13.8. The van der Waals surface area contributed by atoms with Crippen molar-refractivity contribution >= 4 is 23.1 Å². The molecule has 1 aromatic carbocycles. The van der Waals surface area contributed by atoms with Crippen LogP contribution in [0.1, 0.15) is 21.8 Å². The highest BCUT2D eigenvalue weighted by Crippen LogP contribution is 2.20. The SMILES string of the molecule is Cc1cccc(N2CCN(C(=O)c3cc(Nc4cc(C)on4)ccn3)CC2)c1. The molecule has 1 aliphatic heterocycles. The van der Waals surface area contributed by atoms with Gasteiger partial charge in [-0.15, -0.1) is 0 Å². The zero-order valence-corrected chi connectivity index (χ0v) is 16.1. The molecular formula is C21H23N5O2. The normalized spacial score (nSPS) is 14.2. The molecule has 0 radical (unpaired) electrons. The van der Waals surface area contributed by atoms with Crippen molar-refractivity contribution in [3.8, 4) is 0 Å². The molecule has 1 aliphatic rings. The van der Waals surface area contributed by atoms with Crippen LogP contribution in [0.3, 0.4) is 0 Å². The van der Waals surface area contributed by atoms with Gasteiger partial charge >= 0.3 is 0 Å². The predicted molar refractivity (Wildman–Crippen MR) is 108 cm³/mol. The summed E-state index contributed by atoms with van der Waals surface area (Å²) in [7, 11) is 0. The van der Waals surface area contributed by atoms with Crippen LogP contribution in [0.4, 0.5) is 17.2 Å². The summed E-state index contributed by atoms with van der Waals surface area (Å²) in [6.45, 7) is 6.90. The minimum atomic E-state index is -0.0520. The Morgan fingerprint density at radius 1 is 1.07 bits per heavy atom. The van der Waals surface area contributed by atoms with Gasteiger partial charge in [-0.3, -0.25) is 9.78 Å². The Hall–Kier alpha value is -3.35. The molecule has 7 nitrogen and oxygen atoms in total. The van der Waals surface area contributed by atoms with Gasteiger partial charge in [0.05, 0.1) is 0 Å². The van der Waals surface area contributed by atoms with Gasteiger partial charge in [0.1, 0.15) is 11.5 Å². The number of aryl methyl sites for hydroxylation is 2. The van der Waals surface area contributed by atoms with Crippen LogP contribution < -0.4 is 10.2 Å². The number of nitrogens with one attached hydrogen (secondary N) is 1. The van der Waals surface area contributed by atoms with Crippen molar-refractivity contribution < 1.29 is 9.32 Å². The number of aromatic nitrogens is 2. The fourth-order valence-electron chi connectivity index (χ4n) is 3.35. The summed E-state index contributed by atoms with van der Waals surface area (Å²) in [5.74, 6) is 1.28. The Labute approximate surface area is 164 Å². The van der Waals surface area contributed by atoms with Gasteiger partial charge in [0.15, 0.2) is 5.82 Å². The molecule has 0 saturated carbocycles. The van der Waals surface area contributed by atoms with Crippen LogP contribution in [0.15, 0.2) is 53.2 Å². The number of piperazine rings is 1. The number of nitrogens with zero attached hydrogens (tertiary/aromatic N) is 4. The Kier molecular flexibility index (Phi) is 4.97. The Balaban J connectivity index is 1.40. The van der Waals surface area contributed by atoms with E-state index in [1.54, 1.807) is 24.4 Å². The fourth-order valence-corrected chi connectivity index (χ4v) is 3.35. The molecule has 7 heteroatoms. The van der Waals surface area contributed by atoms with E-state index in [0.29, 0.717) is 24.6 Å². The largest absolute Gasteiger partial charge is 0.368 e. The van der Waals surface area contributed by atoms with Crippen molar-refractivity contribution in [1.82, 2.24) is 15.0 Å². The summed E-state index contributed by atoms with van der Waals surface area (Å²) in [5, 5.41) is 7.04. The standard InChI is InChI=1S/C21H23N5O2/c1-15-4-3-5-18(12-15)25-8-10-26(11-9-25)21(27)19-14-17(6-7-22-19)23-20-13-16(2)28-24-20/h3-7,12-14H,8-11H2,1-2H3,(H,22,23,24). The molecule has 0 atom stereocenters. The predicted octanol–water partition coefficient (Wildman–Crippen LogP) is 3.39. The number of hydrogen-bond donors (Lipinski definition) is 1. The summed E-state index contributed by atoms with van der Waals surface area (Å²) in [5.41, 5.74) is 3.63. The molecule has 3 heterocycles. The first kappa shape index (κ1) is 18.0. The smallest absolute Gasteiger partial charge is 0.272 e. The third kappa shape index (κ3) is 3.98. The van der Waals surface area contributed by atoms with E-state index in [2.05, 4.69) is 51.5 Å². The maximum absolute atomic E-state index is 12.9. The van der Waals surface area contributed by atoms with Crippen molar-refractivity contribution in [2.45, 2.75) is 13.8 Å². The molecule has 2 aromatic heterocycles. The van der Waals surface area contributed by atoms with Crippen molar-refractivity contribution in [2.75, 3.05) is 36.4 Å². The van der Waals surface area contributed by atoms with Crippen molar-refractivity contribution in [1.29, 1.82) is 0 Å². The Morgan fingerprint density at radius 2 is 1.89 bits per heavy atom. The van der Waals surface area contributed by atoms with E-state index in [4.69, 9.17) is 4.52 Å². The first-order valence-electron chi connectivity index (χ1n) is 9.36. The lowest BCUT2D eigenvalue weighted by Crippen LogP contribution is -2.49. The number of carbonyl (C=O) groups is 1. The molecule has 3 aromatic rings. The van der Waals surface area contributed by atoms with Crippen LogP contribution in [-0.2, 0) is 0 Å². The molecule has 4 rings (SSSR count). The van der Waals surface area contributed by atoms with E-state index in [-0.39, 0.29) is 5.91 Å². The van der Waals surface area contributed by atoms with Crippen molar-refractivity contribution in [3.63, 3.8) is 0 Å². The Morgan fingerprint density at radius 3 is 2.61 bits per heavy atom. The quantitative estimate of drug-likeness (QED) is 0.751. The molecule has 1 saturated heterocycles. The monoisotopic (exact) mass is 377 g/mol. The summed E-state index contributed by atoms with van der Waals surface area (Å²) in [4.78, 5) is 21.3. The number of carbonyl (C=O) groups excluding carboxylic acids is 1. The maximum Gasteiger partial charge on any atom is 0.272 e. The molecule has 1 fully saturated rings. The highest BCUT2D eigenvalue weighted by atomic mass is 16.5. The van der Waals surface area contributed by atoms with Gasteiger partial charge in [0, 0.05) is 49.8 Å². The highest BCUT2D eigenvalue weighted by molar-refractivity contribution is 5.93. The average molecular weight is 377 g/mol. The lowest BCUT2D eigenvalue weighted by atomic mass is 10.2. The van der Waals surface area contributed by atoms with Crippen LogP contribution >= 0.6 is 0 Å². The van der Waals surface area contributed by atoms with Gasteiger partial charge in [-0.05, 0) is 43.7 Å². The average Bonchev–Trinajstić information content (AvgIpc) is 3.12. The van der Waals surface area contributed by atoms with Crippen molar-refractivity contribution in [2.24, 2.45) is 0 Å². The van der Waals surface area contributed by atoms with Gasteiger partial charge in [-0.25, -0.2) is 0 Å². The summed E-state index contributed by atoms with van der Waals surface area (Å²) in [6.07, 6.45) is 1.63. The van der Waals surface area contributed by atoms with Gasteiger partial charge < -0.3 is 19.6 Å². The van der Waals surface area contributed by atoms with Crippen molar-refractivity contribution in [3.05, 3.63) is 65.7 Å². The number of hydrogen-bond acceptors (Lipinski definition) is 6. The summed E-state index contributed by atoms with van der Waals surface area (Å²) < 4.78 is 5.06. The van der Waals surface area contributed by atoms with Gasteiger partial charge in [-0.1, -0.05) is 17.3 Å². The van der Waals surface area contributed by atoms with Gasteiger partial charge in [0.2, 0.25) is 0 Å². The second-order valence-electron chi connectivity index (χ2n) is 7.00. The van der Waals surface area contributed by atoms with Crippen LogP contribution in [0.25, 0.3) is 0 Å². The van der Waals surface area contributed by atoms with Crippen LogP contribution in [-0.4, -0.2) is 47.1 Å². The highest BCUT2D eigenvalue weighted by Gasteiger charge is 2.23. The lowest BCUT2D eigenvalue weighted by Gasteiger charge is -2.36. The molecule has 28 heavy (non-hydrogen) atoms. The lowest BCUT2D eigenvalue weighted by molar-refractivity contribution is 0.0741. The van der Waals surface area contributed by atoms with E-state index in [9.17, 15) is 4.79 Å². The third-order valence-corrected chi connectivity index (χ3v) is 4.81. The topological polar surface area (TPSA) is 74.5 Å². The molecule has 0 aliphatic carbocycles. The van der Waals surface area contributed by atoms with E-state index in [0.717, 1.165) is 24.5 Å². The molecule has 144 valence electrons. The Bertz CT molecular complexity index is 976. The van der Waals surface area contributed by atoms with Crippen LogP contribution in [0.5, 0.6) is 0 Å². The molecule has 0 unspecified atom stereocenters. The molecule has 1 amide bonds. The second-order valence-corrected chi connectivity index (χ2v) is 7.00. The summed E-state index contributed by atoms with van der Waals surface area (Å²) >= 11 is 0. The first-order chi connectivity index (χ1) is 13.6. The molecular weight excluding hydrogens is 354 g/mol. The van der Waals surface area contributed by atoms with E-state index >= 15 is 0 Å². The number of pyridine rings is 1. The number of benzene rings is 1. The van der Waals surface area contributed by atoms with E-state index in [1.165, 1.54) is 11.3 Å². The number of anilines is 3. The number of amides is 1. The molecule has 0 spiro atoms. The van der Waals surface area contributed by atoms with Crippen LogP contribution in [0, 0.1) is 13.8 Å². The fraction of sp³-hybridized carbons (Fsp3) is 0.286. The first-order valence-corrected chi connectivity index (χ1v) is 9.36. The molecule has 0 bridgehead atoms. The van der Waals surface area contributed by atoms with Gasteiger partial charge in [-0.2, -0.15) is 0 Å². The second kappa shape index (κ2) is 7.72. The van der Waals surface area contributed by atoms with E-state index < -0.39 is 0 Å². The molecule has 1 N–H and O–H groups in total. The minimum absolute atomic E-state index is 0.0520. The zero-order chi connectivity index (χ0) is 19.5. The number of rotatable bonds is 4. The van der Waals surface area contributed by atoms with Crippen LogP contribution in [0.2, 0.25) is 0 Å². The van der Waals surface area contributed by atoms with E-state index in [1.807, 2.05) is 11.8 Å². The zero-order valence-electron chi connectivity index (χ0n) is 16.1. The maximum atomic E-state index is 12.9. The minimum Gasteiger partial charge on any atom is -0.368 e. The van der Waals surface area contributed by atoms with Gasteiger partial charge in [0.25, 0.3) is 5.91 Å². The third-order valence-electron chi connectivity index (χ3n) is 4.81.